The van der Waals surface area contributed by atoms with Crippen molar-refractivity contribution in [3.05, 3.63) is 60.0 Å². The molecule has 0 unspecified atom stereocenters. The van der Waals surface area contributed by atoms with Crippen molar-refractivity contribution in [2.45, 2.75) is 59.3 Å². The van der Waals surface area contributed by atoms with Gasteiger partial charge in [0, 0.05) is 18.0 Å². The average molecular weight is 427 g/mol. The fourth-order valence-corrected chi connectivity index (χ4v) is 3.09. The summed E-state index contributed by atoms with van der Waals surface area (Å²) < 4.78 is 19.8. The number of ether oxygens (including phenoxy) is 1. The van der Waals surface area contributed by atoms with Crippen LogP contribution in [0.15, 0.2) is 60.0 Å². The van der Waals surface area contributed by atoms with Gasteiger partial charge in [0.25, 0.3) is 5.91 Å². The molecule has 4 nitrogen and oxygen atoms in total. The Hall–Kier alpha value is -2.69. The second-order valence-corrected chi connectivity index (χ2v) is 8.25. The number of fused-ring (bicyclic) bond motifs is 1. The van der Waals surface area contributed by atoms with Gasteiger partial charge in [-0.25, -0.2) is 9.37 Å². The Morgan fingerprint density at radius 3 is 2.65 bits per heavy atom. The van der Waals surface area contributed by atoms with Crippen molar-refractivity contribution < 1.29 is 13.9 Å². The zero-order chi connectivity index (χ0) is 22.5. The van der Waals surface area contributed by atoms with Gasteiger partial charge in [0.1, 0.15) is 0 Å². The van der Waals surface area contributed by atoms with Crippen molar-refractivity contribution in [1.29, 1.82) is 0 Å². The van der Waals surface area contributed by atoms with E-state index in [0.29, 0.717) is 30.5 Å². The normalized spacial score (nSPS) is 12.4. The van der Waals surface area contributed by atoms with Gasteiger partial charge in [0.2, 0.25) is 5.88 Å². The van der Waals surface area contributed by atoms with Crippen LogP contribution < -0.4 is 10.1 Å². The summed E-state index contributed by atoms with van der Waals surface area (Å²) in [5.74, 6) is -0.346. The highest BCUT2D eigenvalue weighted by Gasteiger charge is 2.10. The van der Waals surface area contributed by atoms with Gasteiger partial charge in [-0.15, -0.1) is 0 Å². The predicted octanol–water partition coefficient (Wildman–Crippen LogP) is 6.53. The van der Waals surface area contributed by atoms with Crippen LogP contribution in [0.4, 0.5) is 4.39 Å². The highest BCUT2D eigenvalue weighted by molar-refractivity contribution is 5.92. The van der Waals surface area contributed by atoms with Gasteiger partial charge < -0.3 is 10.1 Å². The molecule has 1 aromatic carbocycles. The van der Waals surface area contributed by atoms with Crippen LogP contribution in [-0.4, -0.2) is 24.0 Å². The molecule has 0 radical (unpaired) electrons. The molecule has 0 aliphatic heterocycles. The van der Waals surface area contributed by atoms with Crippen LogP contribution in [0.25, 0.3) is 10.9 Å². The first-order chi connectivity index (χ1) is 15.0. The van der Waals surface area contributed by atoms with Crippen LogP contribution in [0.1, 0.15) is 59.3 Å². The van der Waals surface area contributed by atoms with Crippen molar-refractivity contribution in [3.8, 4) is 5.88 Å². The largest absolute Gasteiger partial charge is 0.478 e. The van der Waals surface area contributed by atoms with E-state index in [9.17, 15) is 9.18 Å². The average Bonchev–Trinajstić information content (AvgIpc) is 2.77. The van der Waals surface area contributed by atoms with E-state index in [0.717, 1.165) is 49.4 Å². The number of hydrogen-bond acceptors (Lipinski definition) is 3. The van der Waals surface area contributed by atoms with Gasteiger partial charge in [-0.3, -0.25) is 4.79 Å². The SMILES string of the molecule is CC(/C=C/CCCCCCCOc1ccc2ccccc2n1)=C(/F)C(=O)NCC(C)C. The van der Waals surface area contributed by atoms with E-state index in [1.54, 1.807) is 13.0 Å². The molecule has 168 valence electrons. The second kappa shape index (κ2) is 13.6. The summed E-state index contributed by atoms with van der Waals surface area (Å²) in [6.45, 7) is 6.74. The summed E-state index contributed by atoms with van der Waals surface area (Å²) in [4.78, 5) is 16.2. The second-order valence-electron chi connectivity index (χ2n) is 8.25. The summed E-state index contributed by atoms with van der Waals surface area (Å²) in [6, 6.07) is 12.0. The highest BCUT2D eigenvalue weighted by Crippen LogP contribution is 2.16. The Balaban J connectivity index is 1.54. The summed E-state index contributed by atoms with van der Waals surface area (Å²) in [5.41, 5.74) is 1.33. The van der Waals surface area contributed by atoms with Crippen molar-refractivity contribution >= 4 is 16.8 Å². The minimum absolute atomic E-state index is 0.300. The van der Waals surface area contributed by atoms with Gasteiger partial charge >= 0.3 is 0 Å². The Labute approximate surface area is 185 Å². The number of aromatic nitrogens is 1. The molecule has 2 rings (SSSR count). The molecule has 2 aromatic rings. The quantitative estimate of drug-likeness (QED) is 0.225. The molecular weight excluding hydrogens is 391 g/mol. The van der Waals surface area contributed by atoms with Crippen molar-refractivity contribution in [2.75, 3.05) is 13.2 Å². The van der Waals surface area contributed by atoms with E-state index >= 15 is 0 Å². The van der Waals surface area contributed by atoms with Gasteiger partial charge in [0.05, 0.1) is 12.1 Å². The fraction of sp³-hybridized carbons (Fsp3) is 0.462. The third-order valence-corrected chi connectivity index (χ3v) is 4.92. The first kappa shape index (κ1) is 24.6. The number of pyridine rings is 1. The molecule has 0 atom stereocenters. The van der Waals surface area contributed by atoms with E-state index in [2.05, 4.69) is 10.3 Å². The smallest absolute Gasteiger partial charge is 0.280 e. The predicted molar refractivity (Wildman–Crippen MR) is 126 cm³/mol. The summed E-state index contributed by atoms with van der Waals surface area (Å²) in [7, 11) is 0. The number of carbonyl (C=O) groups excluding carboxylic acids is 1. The molecule has 1 N–H and O–H groups in total. The summed E-state index contributed by atoms with van der Waals surface area (Å²) in [5, 5.41) is 3.71. The first-order valence-corrected chi connectivity index (χ1v) is 11.3. The minimum Gasteiger partial charge on any atom is -0.478 e. The van der Waals surface area contributed by atoms with Gasteiger partial charge in [-0.1, -0.05) is 63.5 Å². The molecular formula is C26H35FN2O2. The molecule has 31 heavy (non-hydrogen) atoms. The van der Waals surface area contributed by atoms with E-state index in [4.69, 9.17) is 4.74 Å². The maximum absolute atomic E-state index is 14.0. The Morgan fingerprint density at radius 2 is 1.84 bits per heavy atom. The molecule has 0 aliphatic carbocycles. The Kier molecular flexibility index (Phi) is 10.8. The third-order valence-electron chi connectivity index (χ3n) is 4.92. The molecule has 0 spiro atoms. The van der Waals surface area contributed by atoms with Crippen molar-refractivity contribution in [2.24, 2.45) is 5.92 Å². The summed E-state index contributed by atoms with van der Waals surface area (Å²) >= 11 is 0. The van der Waals surface area contributed by atoms with Crippen LogP contribution in [0.3, 0.4) is 0 Å². The van der Waals surface area contributed by atoms with Crippen LogP contribution >= 0.6 is 0 Å². The van der Waals surface area contributed by atoms with Crippen molar-refractivity contribution in [3.63, 3.8) is 0 Å². The summed E-state index contributed by atoms with van der Waals surface area (Å²) in [6.07, 6.45) is 9.97. The van der Waals surface area contributed by atoms with E-state index in [-0.39, 0.29) is 0 Å². The van der Waals surface area contributed by atoms with E-state index in [1.807, 2.05) is 56.3 Å². The molecule has 1 amide bonds. The number of rotatable bonds is 13. The first-order valence-electron chi connectivity index (χ1n) is 11.3. The number of carbonyl (C=O) groups is 1. The topological polar surface area (TPSA) is 51.2 Å². The number of hydrogen-bond donors (Lipinski definition) is 1. The minimum atomic E-state index is -0.696. The number of halogens is 1. The number of para-hydroxylation sites is 1. The van der Waals surface area contributed by atoms with Crippen LogP contribution in [0.2, 0.25) is 0 Å². The lowest BCUT2D eigenvalue weighted by molar-refractivity contribution is -0.119. The zero-order valence-corrected chi connectivity index (χ0v) is 19.0. The fourth-order valence-electron chi connectivity index (χ4n) is 3.09. The number of amides is 1. The lowest BCUT2D eigenvalue weighted by Gasteiger charge is -2.07. The van der Waals surface area contributed by atoms with Gasteiger partial charge in [-0.2, -0.15) is 0 Å². The molecule has 0 saturated heterocycles. The lowest BCUT2D eigenvalue weighted by atomic mass is 10.1. The van der Waals surface area contributed by atoms with Gasteiger partial charge in [0.15, 0.2) is 5.83 Å². The lowest BCUT2D eigenvalue weighted by Crippen LogP contribution is -2.27. The molecule has 5 heteroatoms. The van der Waals surface area contributed by atoms with E-state index < -0.39 is 11.7 Å². The Bertz CT molecular complexity index is 890. The molecule has 0 aliphatic rings. The molecule has 1 heterocycles. The number of benzene rings is 1. The van der Waals surface area contributed by atoms with E-state index in [1.165, 1.54) is 0 Å². The zero-order valence-electron chi connectivity index (χ0n) is 19.0. The Morgan fingerprint density at radius 1 is 1.10 bits per heavy atom. The van der Waals surface area contributed by atoms with Crippen LogP contribution in [0, 0.1) is 5.92 Å². The number of unbranched alkanes of at least 4 members (excludes halogenated alkanes) is 5. The van der Waals surface area contributed by atoms with Crippen LogP contribution in [-0.2, 0) is 4.79 Å². The molecule has 0 fully saturated rings. The highest BCUT2D eigenvalue weighted by atomic mass is 19.1. The van der Waals surface area contributed by atoms with Gasteiger partial charge in [-0.05, 0) is 49.8 Å². The van der Waals surface area contributed by atoms with Crippen LogP contribution in [0.5, 0.6) is 5.88 Å². The number of nitrogens with one attached hydrogen (secondary N) is 1. The molecule has 1 aromatic heterocycles. The maximum atomic E-state index is 14.0. The monoisotopic (exact) mass is 426 g/mol. The third kappa shape index (κ3) is 9.33. The molecule has 0 bridgehead atoms. The number of nitrogens with zero attached hydrogens (tertiary/aromatic N) is 1. The molecule has 0 saturated carbocycles. The standard InChI is InChI=1S/C26H35FN2O2/c1-20(2)19-28-26(30)25(27)21(3)13-9-7-5-4-6-8-12-18-31-24-17-16-22-14-10-11-15-23(22)29-24/h9-11,13-17,20H,4-8,12,18-19H2,1-3H3,(H,28,30)/b13-9+,25-21-. The maximum Gasteiger partial charge on any atom is 0.280 e. The number of allylic oxidation sites excluding steroid dienone is 3. The van der Waals surface area contributed by atoms with Crippen molar-refractivity contribution in [1.82, 2.24) is 10.3 Å².